The van der Waals surface area contributed by atoms with Crippen LogP contribution in [0.1, 0.15) is 84.1 Å². The number of aliphatic hydroxyl groups is 3. The van der Waals surface area contributed by atoms with Gasteiger partial charge in [0, 0.05) is 25.4 Å². The van der Waals surface area contributed by atoms with E-state index in [1.54, 1.807) is 12.4 Å². The second-order valence-corrected chi connectivity index (χ2v) is 13.2. The van der Waals surface area contributed by atoms with Gasteiger partial charge in [0.1, 0.15) is 0 Å². The Bertz CT molecular complexity index is 927. The van der Waals surface area contributed by atoms with Crippen LogP contribution < -0.4 is 5.32 Å². The molecule has 11 unspecified atom stereocenters. The lowest BCUT2D eigenvalue weighted by atomic mass is 9.43. The molecule has 1 aromatic heterocycles. The number of carbonyl (C=O) groups is 1. The highest BCUT2D eigenvalue weighted by Crippen LogP contribution is 2.68. The van der Waals surface area contributed by atoms with E-state index in [1.165, 1.54) is 0 Å². The maximum atomic E-state index is 12.6. The molecule has 1 heterocycles. The molecule has 4 saturated carbocycles. The van der Waals surface area contributed by atoms with Crippen LogP contribution in [0.15, 0.2) is 24.5 Å². The molecular weight excluding hydrogens is 452 g/mol. The standard InChI is InChI=1S/C30H46N2O4/c1-18(4-7-27(36)32-17-19-9-12-31-13-10-19)22-5-6-23-28-24(16-26(35)30(22,23)3)29(2)11-8-21(33)14-20(29)15-25(28)34/h9-10,12-13,18,20-26,28,33-35H,4-8,11,14-17H2,1-3H3,(H,32,36). The van der Waals surface area contributed by atoms with Crippen molar-refractivity contribution in [2.45, 2.75) is 103 Å². The van der Waals surface area contributed by atoms with Crippen molar-refractivity contribution in [1.29, 1.82) is 0 Å². The van der Waals surface area contributed by atoms with Gasteiger partial charge in [-0.25, -0.2) is 0 Å². The molecule has 0 saturated heterocycles. The normalized spacial score (nSPS) is 44.7. The zero-order chi connectivity index (χ0) is 25.7. The van der Waals surface area contributed by atoms with Crippen molar-refractivity contribution >= 4 is 5.91 Å². The fraction of sp³-hybridized carbons (Fsp3) is 0.800. The van der Waals surface area contributed by atoms with Gasteiger partial charge in [-0.05, 0) is 115 Å². The van der Waals surface area contributed by atoms with Crippen LogP contribution >= 0.6 is 0 Å². The lowest BCUT2D eigenvalue weighted by molar-refractivity contribution is -0.207. The summed E-state index contributed by atoms with van der Waals surface area (Å²) in [5.41, 5.74) is 0.931. The van der Waals surface area contributed by atoms with E-state index in [2.05, 4.69) is 31.1 Å². The molecule has 0 spiro atoms. The summed E-state index contributed by atoms with van der Waals surface area (Å²) in [6.07, 6.45) is 10.1. The summed E-state index contributed by atoms with van der Waals surface area (Å²) in [4.78, 5) is 16.6. The van der Waals surface area contributed by atoms with Crippen LogP contribution in [0.25, 0.3) is 0 Å². The van der Waals surface area contributed by atoms with E-state index in [0.717, 1.165) is 56.9 Å². The smallest absolute Gasteiger partial charge is 0.220 e. The monoisotopic (exact) mass is 498 g/mol. The number of hydrogen-bond donors (Lipinski definition) is 4. The molecule has 0 radical (unpaired) electrons. The zero-order valence-electron chi connectivity index (χ0n) is 22.3. The van der Waals surface area contributed by atoms with Gasteiger partial charge < -0.3 is 20.6 Å². The Morgan fingerprint density at radius 2 is 1.83 bits per heavy atom. The molecule has 6 nitrogen and oxygen atoms in total. The van der Waals surface area contributed by atoms with Gasteiger partial charge in [0.2, 0.25) is 5.91 Å². The molecule has 4 N–H and O–H groups in total. The largest absolute Gasteiger partial charge is 0.393 e. The van der Waals surface area contributed by atoms with Gasteiger partial charge in [-0.3, -0.25) is 9.78 Å². The molecule has 6 heteroatoms. The molecule has 11 atom stereocenters. The van der Waals surface area contributed by atoms with E-state index in [1.807, 2.05) is 12.1 Å². The molecule has 0 aromatic carbocycles. The van der Waals surface area contributed by atoms with Gasteiger partial charge in [-0.1, -0.05) is 20.8 Å². The van der Waals surface area contributed by atoms with Gasteiger partial charge in [0.25, 0.3) is 0 Å². The Morgan fingerprint density at radius 1 is 1.08 bits per heavy atom. The predicted molar refractivity (Wildman–Crippen MR) is 138 cm³/mol. The molecule has 0 bridgehead atoms. The van der Waals surface area contributed by atoms with Crippen LogP contribution in [0.2, 0.25) is 0 Å². The molecule has 4 fully saturated rings. The van der Waals surface area contributed by atoms with E-state index in [4.69, 9.17) is 0 Å². The minimum absolute atomic E-state index is 0.0729. The SMILES string of the molecule is CC(CCC(=O)NCc1ccncc1)C1CCC2C3C(O)CC4CC(O)CCC4(C)C3CC(O)C12C. The highest BCUT2D eigenvalue weighted by atomic mass is 16.3. The van der Waals surface area contributed by atoms with Crippen molar-refractivity contribution < 1.29 is 20.1 Å². The summed E-state index contributed by atoms with van der Waals surface area (Å²) >= 11 is 0. The quantitative estimate of drug-likeness (QED) is 0.473. The Labute approximate surface area is 216 Å². The Kier molecular flexibility index (Phi) is 7.25. The molecule has 5 rings (SSSR count). The average Bonchev–Trinajstić information content (AvgIpc) is 3.22. The van der Waals surface area contributed by atoms with Gasteiger partial charge in [0.05, 0.1) is 18.3 Å². The number of hydrogen-bond acceptors (Lipinski definition) is 5. The number of rotatable bonds is 6. The van der Waals surface area contributed by atoms with Crippen molar-refractivity contribution in [2.75, 3.05) is 0 Å². The van der Waals surface area contributed by atoms with Gasteiger partial charge in [-0.15, -0.1) is 0 Å². The average molecular weight is 499 g/mol. The Hall–Kier alpha value is -1.50. The Balaban J connectivity index is 1.25. The zero-order valence-corrected chi connectivity index (χ0v) is 22.3. The first-order valence-electron chi connectivity index (χ1n) is 14.3. The number of fused-ring (bicyclic) bond motifs is 5. The van der Waals surface area contributed by atoms with Crippen LogP contribution in [-0.2, 0) is 11.3 Å². The van der Waals surface area contributed by atoms with Crippen molar-refractivity contribution in [3.05, 3.63) is 30.1 Å². The number of carbonyl (C=O) groups excluding carboxylic acids is 1. The molecule has 0 aliphatic heterocycles. The molecule has 1 amide bonds. The number of nitrogens with one attached hydrogen (secondary N) is 1. The molecule has 200 valence electrons. The van der Waals surface area contributed by atoms with Crippen LogP contribution in [0.5, 0.6) is 0 Å². The highest BCUT2D eigenvalue weighted by Gasteiger charge is 2.65. The van der Waals surface area contributed by atoms with E-state index in [0.29, 0.717) is 42.6 Å². The first-order valence-corrected chi connectivity index (χ1v) is 14.3. The summed E-state index contributed by atoms with van der Waals surface area (Å²) in [6, 6.07) is 3.83. The number of pyridine rings is 1. The van der Waals surface area contributed by atoms with Crippen LogP contribution in [0.3, 0.4) is 0 Å². The first-order chi connectivity index (χ1) is 17.1. The summed E-state index contributed by atoms with van der Waals surface area (Å²) < 4.78 is 0. The Morgan fingerprint density at radius 3 is 2.58 bits per heavy atom. The third kappa shape index (κ3) is 4.41. The van der Waals surface area contributed by atoms with Gasteiger partial charge in [-0.2, -0.15) is 0 Å². The summed E-state index contributed by atoms with van der Waals surface area (Å²) in [7, 11) is 0. The topological polar surface area (TPSA) is 103 Å². The van der Waals surface area contributed by atoms with Crippen LogP contribution in [0.4, 0.5) is 0 Å². The van der Waals surface area contributed by atoms with Crippen molar-refractivity contribution in [3.63, 3.8) is 0 Å². The maximum absolute atomic E-state index is 12.6. The summed E-state index contributed by atoms with van der Waals surface area (Å²) in [5.74, 6) is 1.98. The van der Waals surface area contributed by atoms with E-state index in [9.17, 15) is 20.1 Å². The van der Waals surface area contributed by atoms with Gasteiger partial charge in [0.15, 0.2) is 0 Å². The first kappa shape index (κ1) is 26.1. The van der Waals surface area contributed by atoms with Crippen molar-refractivity contribution in [2.24, 2.45) is 46.3 Å². The minimum atomic E-state index is -0.381. The van der Waals surface area contributed by atoms with Crippen molar-refractivity contribution in [1.82, 2.24) is 10.3 Å². The number of aromatic nitrogens is 1. The second-order valence-electron chi connectivity index (χ2n) is 13.2. The highest BCUT2D eigenvalue weighted by molar-refractivity contribution is 5.75. The maximum Gasteiger partial charge on any atom is 0.220 e. The third-order valence-electron chi connectivity index (χ3n) is 11.6. The lowest BCUT2D eigenvalue weighted by Gasteiger charge is -2.63. The fourth-order valence-corrected chi connectivity index (χ4v) is 9.48. The summed E-state index contributed by atoms with van der Waals surface area (Å²) in [5, 5.41) is 36.5. The third-order valence-corrected chi connectivity index (χ3v) is 11.6. The van der Waals surface area contributed by atoms with Crippen molar-refractivity contribution in [3.8, 4) is 0 Å². The number of aliphatic hydroxyl groups excluding tert-OH is 3. The number of nitrogens with zero attached hydrogens (tertiary/aromatic N) is 1. The molecule has 4 aliphatic carbocycles. The van der Waals surface area contributed by atoms with Gasteiger partial charge >= 0.3 is 0 Å². The molecular formula is C30H46N2O4. The van der Waals surface area contributed by atoms with E-state index >= 15 is 0 Å². The molecule has 36 heavy (non-hydrogen) atoms. The minimum Gasteiger partial charge on any atom is -0.393 e. The lowest BCUT2D eigenvalue weighted by Crippen LogP contribution is -2.62. The van der Waals surface area contributed by atoms with Crippen LogP contribution in [-0.4, -0.2) is 44.5 Å². The molecule has 4 aliphatic rings. The number of amides is 1. The predicted octanol–water partition coefficient (Wildman–Crippen LogP) is 4.08. The molecule has 1 aromatic rings. The van der Waals surface area contributed by atoms with E-state index in [-0.39, 0.29) is 41.0 Å². The fourth-order valence-electron chi connectivity index (χ4n) is 9.48. The van der Waals surface area contributed by atoms with E-state index < -0.39 is 0 Å². The summed E-state index contributed by atoms with van der Waals surface area (Å²) in [6.45, 7) is 7.43. The van der Waals surface area contributed by atoms with Crippen LogP contribution in [0, 0.1) is 46.3 Å². The second kappa shape index (κ2) is 9.99.